The van der Waals surface area contributed by atoms with Crippen LogP contribution in [-0.2, 0) is 4.74 Å². The number of carbonyl (C=O) groups excluding carboxylic acids is 1. The van der Waals surface area contributed by atoms with Gasteiger partial charge in [0.1, 0.15) is 17.1 Å². The van der Waals surface area contributed by atoms with Gasteiger partial charge >= 0.3 is 0 Å². The number of halogens is 1. The predicted molar refractivity (Wildman–Crippen MR) is 71.3 cm³/mol. The maximum absolute atomic E-state index is 11.7. The Labute approximate surface area is 114 Å². The van der Waals surface area contributed by atoms with Gasteiger partial charge in [0, 0.05) is 18.5 Å². The Bertz CT molecular complexity index is 391. The van der Waals surface area contributed by atoms with Crippen molar-refractivity contribution in [2.45, 2.75) is 11.2 Å². The first-order chi connectivity index (χ1) is 8.56. The Balaban J connectivity index is 2.51. The van der Waals surface area contributed by atoms with Crippen LogP contribution in [0.15, 0.2) is 18.2 Å². The molecule has 0 spiro atoms. The molecule has 0 saturated carbocycles. The lowest BCUT2D eigenvalue weighted by atomic mass is 10.1. The van der Waals surface area contributed by atoms with E-state index in [1.807, 2.05) is 0 Å². The predicted octanol–water partition coefficient (Wildman–Crippen LogP) is 1.63. The minimum absolute atomic E-state index is 0.102. The van der Waals surface area contributed by atoms with Crippen LogP contribution in [0.5, 0.6) is 11.5 Å². The standard InChI is InChI=1S/C12H16BrNO4/c1-18-7-8(13)5-6-14-12(17)11-9(15)3-2-4-10(11)16/h2-4,8,15-16H,5-7H2,1H3,(H,14,17). The molecule has 3 N–H and O–H groups in total. The molecule has 0 aliphatic heterocycles. The number of amides is 1. The van der Waals surface area contributed by atoms with Crippen molar-refractivity contribution in [2.75, 3.05) is 20.3 Å². The van der Waals surface area contributed by atoms with Crippen LogP contribution in [0, 0.1) is 0 Å². The van der Waals surface area contributed by atoms with E-state index in [0.29, 0.717) is 19.6 Å². The quantitative estimate of drug-likeness (QED) is 0.697. The first kappa shape index (κ1) is 14.8. The van der Waals surface area contributed by atoms with Crippen LogP contribution in [-0.4, -0.2) is 41.2 Å². The van der Waals surface area contributed by atoms with Crippen LogP contribution in [0.2, 0.25) is 0 Å². The van der Waals surface area contributed by atoms with Gasteiger partial charge in [0.25, 0.3) is 5.91 Å². The molecule has 0 heterocycles. The van der Waals surface area contributed by atoms with Gasteiger partial charge in [-0.25, -0.2) is 0 Å². The molecule has 0 aliphatic carbocycles. The van der Waals surface area contributed by atoms with E-state index >= 15 is 0 Å². The number of phenols is 2. The van der Waals surface area contributed by atoms with Gasteiger partial charge in [-0.1, -0.05) is 22.0 Å². The normalized spacial score (nSPS) is 12.1. The average molecular weight is 318 g/mol. The smallest absolute Gasteiger partial charge is 0.258 e. The summed E-state index contributed by atoms with van der Waals surface area (Å²) in [7, 11) is 1.60. The third kappa shape index (κ3) is 4.19. The molecular formula is C12H16BrNO4. The molecule has 0 bridgehead atoms. The largest absolute Gasteiger partial charge is 0.507 e. The molecule has 6 heteroatoms. The highest BCUT2D eigenvalue weighted by atomic mass is 79.9. The van der Waals surface area contributed by atoms with Gasteiger partial charge in [-0.05, 0) is 18.6 Å². The second-order valence-electron chi connectivity index (χ2n) is 3.77. The summed E-state index contributed by atoms with van der Waals surface area (Å²) in [6, 6.07) is 4.17. The summed E-state index contributed by atoms with van der Waals surface area (Å²) in [5.41, 5.74) is -0.102. The number of rotatable bonds is 6. The third-order valence-corrected chi connectivity index (χ3v) is 3.06. The SMILES string of the molecule is COCC(Br)CCNC(=O)c1c(O)cccc1O. The first-order valence-electron chi connectivity index (χ1n) is 5.48. The number of hydrogen-bond acceptors (Lipinski definition) is 4. The topological polar surface area (TPSA) is 78.8 Å². The van der Waals surface area contributed by atoms with Crippen LogP contribution in [0.4, 0.5) is 0 Å². The number of benzene rings is 1. The molecule has 100 valence electrons. The molecule has 1 amide bonds. The molecule has 0 fully saturated rings. The van der Waals surface area contributed by atoms with Crippen molar-refractivity contribution >= 4 is 21.8 Å². The summed E-state index contributed by atoms with van der Waals surface area (Å²) < 4.78 is 4.94. The monoisotopic (exact) mass is 317 g/mol. The van der Waals surface area contributed by atoms with Crippen molar-refractivity contribution in [3.05, 3.63) is 23.8 Å². The third-order valence-electron chi connectivity index (χ3n) is 2.34. The van der Waals surface area contributed by atoms with Gasteiger partial charge in [0.2, 0.25) is 0 Å². The number of ether oxygens (including phenoxy) is 1. The lowest BCUT2D eigenvalue weighted by molar-refractivity contribution is 0.0946. The molecule has 1 unspecified atom stereocenters. The summed E-state index contributed by atoms with van der Waals surface area (Å²) in [6.45, 7) is 0.976. The Morgan fingerprint density at radius 2 is 2.06 bits per heavy atom. The van der Waals surface area contributed by atoms with Gasteiger partial charge in [-0.3, -0.25) is 4.79 Å². The van der Waals surface area contributed by atoms with Crippen molar-refractivity contribution in [1.29, 1.82) is 0 Å². The van der Waals surface area contributed by atoms with Crippen molar-refractivity contribution in [3.63, 3.8) is 0 Å². The molecule has 1 aromatic carbocycles. The van der Waals surface area contributed by atoms with E-state index < -0.39 is 5.91 Å². The van der Waals surface area contributed by atoms with E-state index in [4.69, 9.17) is 4.74 Å². The van der Waals surface area contributed by atoms with E-state index in [1.54, 1.807) is 7.11 Å². The molecule has 0 aliphatic rings. The fraction of sp³-hybridized carbons (Fsp3) is 0.417. The zero-order valence-corrected chi connectivity index (χ0v) is 11.6. The van der Waals surface area contributed by atoms with E-state index in [-0.39, 0.29) is 21.9 Å². The first-order valence-corrected chi connectivity index (χ1v) is 6.40. The van der Waals surface area contributed by atoms with Crippen LogP contribution in [0.25, 0.3) is 0 Å². The van der Waals surface area contributed by atoms with Crippen LogP contribution >= 0.6 is 15.9 Å². The highest BCUT2D eigenvalue weighted by molar-refractivity contribution is 9.09. The Hall–Kier alpha value is -1.27. The van der Waals surface area contributed by atoms with Gasteiger partial charge < -0.3 is 20.3 Å². The Kier molecular flexibility index (Phi) is 5.94. The van der Waals surface area contributed by atoms with Crippen molar-refractivity contribution in [3.8, 4) is 11.5 Å². The van der Waals surface area contributed by atoms with Gasteiger partial charge in [-0.15, -0.1) is 0 Å². The summed E-state index contributed by atoms with van der Waals surface area (Å²) in [4.78, 5) is 11.9. The average Bonchev–Trinajstić information content (AvgIpc) is 2.29. The number of phenolic OH excluding ortho intramolecular Hbond substituents is 2. The molecule has 18 heavy (non-hydrogen) atoms. The van der Waals surface area contributed by atoms with Crippen molar-refractivity contribution in [1.82, 2.24) is 5.32 Å². The maximum atomic E-state index is 11.7. The number of nitrogens with one attached hydrogen (secondary N) is 1. The highest BCUT2D eigenvalue weighted by Gasteiger charge is 2.15. The fourth-order valence-electron chi connectivity index (χ4n) is 1.46. The van der Waals surface area contributed by atoms with Crippen molar-refractivity contribution < 1.29 is 19.7 Å². The Morgan fingerprint density at radius 3 is 2.61 bits per heavy atom. The lowest BCUT2D eigenvalue weighted by Crippen LogP contribution is -2.27. The summed E-state index contributed by atoms with van der Waals surface area (Å²) in [5.74, 6) is -0.970. The molecular weight excluding hydrogens is 302 g/mol. The molecule has 0 saturated heterocycles. The second-order valence-corrected chi connectivity index (χ2v) is 5.06. The molecule has 0 aromatic heterocycles. The highest BCUT2D eigenvalue weighted by Crippen LogP contribution is 2.25. The summed E-state index contributed by atoms with van der Waals surface area (Å²) in [6.07, 6.45) is 0.688. The van der Waals surface area contributed by atoms with Crippen LogP contribution in [0.3, 0.4) is 0 Å². The molecule has 5 nitrogen and oxygen atoms in total. The number of hydrogen-bond donors (Lipinski definition) is 3. The van der Waals surface area contributed by atoms with Crippen LogP contribution in [0.1, 0.15) is 16.8 Å². The number of carbonyl (C=O) groups is 1. The Morgan fingerprint density at radius 1 is 1.44 bits per heavy atom. The minimum atomic E-state index is -0.497. The fourth-order valence-corrected chi connectivity index (χ4v) is 1.95. The van der Waals surface area contributed by atoms with E-state index in [2.05, 4.69) is 21.2 Å². The van der Waals surface area contributed by atoms with Gasteiger partial charge in [0.05, 0.1) is 6.61 Å². The van der Waals surface area contributed by atoms with E-state index in [9.17, 15) is 15.0 Å². The molecule has 0 radical (unpaired) electrons. The van der Waals surface area contributed by atoms with Gasteiger partial charge in [-0.2, -0.15) is 0 Å². The van der Waals surface area contributed by atoms with E-state index in [0.717, 1.165) is 0 Å². The second kappa shape index (κ2) is 7.23. The summed E-state index contributed by atoms with van der Waals surface area (Å²) >= 11 is 3.40. The molecule has 1 rings (SSSR count). The zero-order chi connectivity index (χ0) is 13.5. The van der Waals surface area contributed by atoms with Crippen LogP contribution < -0.4 is 5.32 Å². The summed E-state index contributed by atoms with van der Waals surface area (Å²) in [5, 5.41) is 21.6. The minimum Gasteiger partial charge on any atom is -0.507 e. The van der Waals surface area contributed by atoms with Crippen molar-refractivity contribution in [2.24, 2.45) is 0 Å². The molecule has 1 atom stereocenters. The number of methoxy groups -OCH3 is 1. The molecule has 1 aromatic rings. The zero-order valence-electron chi connectivity index (χ0n) is 10.0. The maximum Gasteiger partial charge on any atom is 0.258 e. The van der Waals surface area contributed by atoms with Gasteiger partial charge in [0.15, 0.2) is 0 Å². The lowest BCUT2D eigenvalue weighted by Gasteiger charge is -2.10. The van der Waals surface area contributed by atoms with E-state index in [1.165, 1.54) is 18.2 Å². The number of alkyl halides is 1. The number of aromatic hydroxyl groups is 2.